The number of aryl methyl sites for hydroxylation is 3. The lowest BCUT2D eigenvalue weighted by Crippen LogP contribution is -2.46. The van der Waals surface area contributed by atoms with E-state index in [1.807, 2.05) is 10.7 Å². The Balaban J connectivity index is 1.28. The smallest absolute Gasteiger partial charge is 0.123 e. The molecule has 29 heavy (non-hydrogen) atoms. The number of anilines is 1. The lowest BCUT2D eigenvalue weighted by atomic mass is 10.1. The molecule has 0 N–H and O–H groups in total. The quantitative estimate of drug-likeness (QED) is 0.636. The maximum Gasteiger partial charge on any atom is 0.123 e. The van der Waals surface area contributed by atoms with Gasteiger partial charge < -0.3 is 4.90 Å². The Bertz CT molecular complexity index is 959. The van der Waals surface area contributed by atoms with Crippen molar-refractivity contribution in [3.8, 4) is 11.3 Å². The van der Waals surface area contributed by atoms with Crippen molar-refractivity contribution in [1.82, 2.24) is 19.9 Å². The highest BCUT2D eigenvalue weighted by molar-refractivity contribution is 5.58. The number of benzene rings is 2. The topological polar surface area (TPSA) is 37.2 Å². The predicted molar refractivity (Wildman–Crippen MR) is 115 cm³/mol. The van der Waals surface area contributed by atoms with E-state index in [4.69, 9.17) is 0 Å². The molecule has 0 aliphatic carbocycles. The number of hydrogen-bond donors (Lipinski definition) is 0. The van der Waals surface area contributed by atoms with Crippen molar-refractivity contribution in [1.29, 1.82) is 0 Å². The molecule has 152 valence electrons. The van der Waals surface area contributed by atoms with E-state index < -0.39 is 0 Å². The molecule has 6 heteroatoms. The van der Waals surface area contributed by atoms with E-state index in [1.165, 1.54) is 28.9 Å². The van der Waals surface area contributed by atoms with Gasteiger partial charge >= 0.3 is 0 Å². The monoisotopic (exact) mass is 393 g/mol. The summed E-state index contributed by atoms with van der Waals surface area (Å²) < 4.78 is 15.4. The number of nitrogens with zero attached hydrogens (tertiary/aromatic N) is 5. The first-order valence-corrected chi connectivity index (χ1v) is 10.3. The largest absolute Gasteiger partial charge is 0.369 e. The molecule has 5 nitrogen and oxygen atoms in total. The number of hydrogen-bond acceptors (Lipinski definition) is 4. The molecule has 1 saturated heterocycles. The number of aromatic nitrogens is 3. The van der Waals surface area contributed by atoms with Gasteiger partial charge in [-0.05, 0) is 55.7 Å². The molecular weight excluding hydrogens is 365 g/mol. The highest BCUT2D eigenvalue weighted by atomic mass is 19.1. The molecule has 1 aliphatic rings. The van der Waals surface area contributed by atoms with Crippen LogP contribution in [-0.4, -0.2) is 52.6 Å². The molecule has 0 atom stereocenters. The van der Waals surface area contributed by atoms with Crippen molar-refractivity contribution < 1.29 is 4.39 Å². The minimum absolute atomic E-state index is 0.239. The zero-order chi connectivity index (χ0) is 20.2. The highest BCUT2D eigenvalue weighted by Gasteiger charge is 2.17. The Morgan fingerprint density at radius 1 is 0.931 bits per heavy atom. The average molecular weight is 394 g/mol. The maximum absolute atomic E-state index is 13.5. The maximum atomic E-state index is 13.5. The predicted octanol–water partition coefficient (Wildman–Crippen LogP) is 3.91. The molecule has 2 aromatic carbocycles. The molecule has 4 rings (SSSR count). The van der Waals surface area contributed by atoms with E-state index >= 15 is 0 Å². The molecule has 0 radical (unpaired) electrons. The van der Waals surface area contributed by atoms with Crippen molar-refractivity contribution in [2.45, 2.75) is 26.8 Å². The molecule has 1 fully saturated rings. The summed E-state index contributed by atoms with van der Waals surface area (Å²) in [5, 5.41) is 8.21. The van der Waals surface area contributed by atoms with E-state index in [1.54, 1.807) is 12.3 Å². The number of halogens is 1. The highest BCUT2D eigenvalue weighted by Crippen LogP contribution is 2.21. The summed E-state index contributed by atoms with van der Waals surface area (Å²) in [6.07, 6.45) is 2.70. The molecular formula is C23H28FN5. The van der Waals surface area contributed by atoms with Crippen molar-refractivity contribution in [3.63, 3.8) is 0 Å². The van der Waals surface area contributed by atoms with Gasteiger partial charge in [-0.15, -0.1) is 5.10 Å². The molecule has 2 heterocycles. The van der Waals surface area contributed by atoms with Gasteiger partial charge in [0.05, 0.1) is 11.9 Å². The van der Waals surface area contributed by atoms with E-state index in [0.717, 1.165) is 56.9 Å². The molecule has 0 unspecified atom stereocenters. The number of rotatable bonds is 6. The lowest BCUT2D eigenvalue weighted by molar-refractivity contribution is 0.249. The Hall–Kier alpha value is -2.73. The number of piperazine rings is 1. The molecule has 0 saturated carbocycles. The van der Waals surface area contributed by atoms with Gasteiger partial charge in [-0.25, -0.2) is 9.07 Å². The first-order chi connectivity index (χ1) is 14.1. The third-order valence-corrected chi connectivity index (χ3v) is 5.81. The average Bonchev–Trinajstić information content (AvgIpc) is 3.19. The summed E-state index contributed by atoms with van der Waals surface area (Å²) in [5.41, 5.74) is 5.71. The van der Waals surface area contributed by atoms with Gasteiger partial charge in [-0.3, -0.25) is 4.90 Å². The molecule has 0 spiro atoms. The van der Waals surface area contributed by atoms with Gasteiger partial charge in [0.15, 0.2) is 0 Å². The third-order valence-electron chi connectivity index (χ3n) is 5.81. The zero-order valence-corrected chi connectivity index (χ0v) is 17.2. The normalized spacial score (nSPS) is 15.1. The third kappa shape index (κ3) is 4.65. The first kappa shape index (κ1) is 19.6. The van der Waals surface area contributed by atoms with Crippen LogP contribution in [-0.2, 0) is 6.54 Å². The summed E-state index contributed by atoms with van der Waals surface area (Å²) in [6, 6.07) is 13.3. The summed E-state index contributed by atoms with van der Waals surface area (Å²) in [5.74, 6) is -0.239. The first-order valence-electron chi connectivity index (χ1n) is 10.3. The van der Waals surface area contributed by atoms with Crippen LogP contribution < -0.4 is 4.90 Å². The lowest BCUT2D eigenvalue weighted by Gasteiger charge is -2.36. The second-order valence-electron chi connectivity index (χ2n) is 7.80. The van der Waals surface area contributed by atoms with Crippen LogP contribution in [0.2, 0.25) is 0 Å². The summed E-state index contributed by atoms with van der Waals surface area (Å²) in [4.78, 5) is 4.98. The van der Waals surface area contributed by atoms with E-state index in [9.17, 15) is 4.39 Å². The van der Waals surface area contributed by atoms with Crippen LogP contribution >= 0.6 is 0 Å². The van der Waals surface area contributed by atoms with Crippen LogP contribution in [0.25, 0.3) is 11.3 Å². The van der Waals surface area contributed by atoms with E-state index in [0.29, 0.717) is 0 Å². The summed E-state index contributed by atoms with van der Waals surface area (Å²) in [7, 11) is 0. The Morgan fingerprint density at radius 2 is 1.76 bits per heavy atom. The van der Waals surface area contributed by atoms with Gasteiger partial charge in [0.1, 0.15) is 5.82 Å². The summed E-state index contributed by atoms with van der Waals surface area (Å²) in [6.45, 7) is 10.4. The Labute approximate surface area is 171 Å². The molecule has 0 amide bonds. The standard InChI is InChI=1S/C23H28FN5/c1-18-7-8-22(15-19(18)2)28-13-11-27(12-14-28)9-4-10-29-23(17-25-26-29)20-5-3-6-21(24)16-20/h3,5-8,15-17H,4,9-14H2,1-2H3. The second kappa shape index (κ2) is 8.74. The van der Waals surface area contributed by atoms with Crippen LogP contribution in [0.4, 0.5) is 10.1 Å². The van der Waals surface area contributed by atoms with Crippen molar-refractivity contribution in [3.05, 3.63) is 65.6 Å². The van der Waals surface area contributed by atoms with Crippen molar-refractivity contribution >= 4 is 5.69 Å². The Morgan fingerprint density at radius 3 is 2.52 bits per heavy atom. The van der Waals surface area contributed by atoms with Crippen LogP contribution in [0.3, 0.4) is 0 Å². The van der Waals surface area contributed by atoms with Gasteiger partial charge in [-0.1, -0.05) is 23.4 Å². The molecule has 0 bridgehead atoms. The molecule has 1 aliphatic heterocycles. The zero-order valence-electron chi connectivity index (χ0n) is 17.2. The van der Waals surface area contributed by atoms with Gasteiger partial charge in [0, 0.05) is 50.5 Å². The fraction of sp³-hybridized carbons (Fsp3) is 0.391. The Kier molecular flexibility index (Phi) is 5.90. The van der Waals surface area contributed by atoms with Crippen LogP contribution in [0.1, 0.15) is 17.5 Å². The van der Waals surface area contributed by atoms with Crippen LogP contribution in [0.15, 0.2) is 48.7 Å². The SMILES string of the molecule is Cc1ccc(N2CCN(CCCn3nncc3-c3cccc(F)c3)CC2)cc1C. The summed E-state index contributed by atoms with van der Waals surface area (Å²) >= 11 is 0. The fourth-order valence-electron chi connectivity index (χ4n) is 3.89. The van der Waals surface area contributed by atoms with Crippen LogP contribution in [0, 0.1) is 19.7 Å². The minimum Gasteiger partial charge on any atom is -0.369 e. The van der Waals surface area contributed by atoms with Gasteiger partial charge in [0.25, 0.3) is 0 Å². The van der Waals surface area contributed by atoms with Crippen molar-refractivity contribution in [2.75, 3.05) is 37.6 Å². The van der Waals surface area contributed by atoms with Crippen molar-refractivity contribution in [2.24, 2.45) is 0 Å². The van der Waals surface area contributed by atoms with Gasteiger partial charge in [-0.2, -0.15) is 0 Å². The molecule has 1 aromatic heterocycles. The van der Waals surface area contributed by atoms with E-state index in [2.05, 4.69) is 52.2 Å². The minimum atomic E-state index is -0.239. The fourth-order valence-corrected chi connectivity index (χ4v) is 3.89. The van der Waals surface area contributed by atoms with Crippen LogP contribution in [0.5, 0.6) is 0 Å². The van der Waals surface area contributed by atoms with E-state index in [-0.39, 0.29) is 5.82 Å². The second-order valence-corrected chi connectivity index (χ2v) is 7.80. The van der Waals surface area contributed by atoms with Gasteiger partial charge in [0.2, 0.25) is 0 Å². The molecule has 3 aromatic rings.